The number of hydrogen-bond acceptors (Lipinski definition) is 5. The molecule has 82 valence electrons. The molecule has 4 nitrogen and oxygen atoms in total. The molecule has 0 aliphatic rings. The first-order valence-electron chi connectivity index (χ1n) is 4.60. The predicted octanol–water partition coefficient (Wildman–Crippen LogP) is 1.73. The van der Waals surface area contributed by atoms with Gasteiger partial charge in [-0.05, 0) is 18.3 Å². The van der Waals surface area contributed by atoms with Gasteiger partial charge in [-0.25, -0.2) is 0 Å². The highest BCUT2D eigenvalue weighted by Gasteiger charge is 2.20. The highest BCUT2D eigenvalue weighted by molar-refractivity contribution is 7.78. The highest BCUT2D eigenvalue weighted by Crippen LogP contribution is 2.27. The van der Waals surface area contributed by atoms with Gasteiger partial charge in [-0.1, -0.05) is 18.2 Å². The molecular formula is C11H10N2O2S. The summed E-state index contributed by atoms with van der Waals surface area (Å²) in [6.07, 6.45) is -2.43. The van der Waals surface area contributed by atoms with Crippen molar-refractivity contribution >= 4 is 23.1 Å². The van der Waals surface area contributed by atoms with Crippen molar-refractivity contribution in [2.24, 2.45) is 4.99 Å². The van der Waals surface area contributed by atoms with Crippen molar-refractivity contribution in [2.75, 3.05) is 0 Å². The number of rotatable bonds is 4. The maximum atomic E-state index is 9.80. The second kappa shape index (κ2) is 6.11. The van der Waals surface area contributed by atoms with Crippen LogP contribution >= 0.6 is 12.2 Å². The zero-order valence-corrected chi connectivity index (χ0v) is 9.18. The average molecular weight is 234 g/mol. The summed E-state index contributed by atoms with van der Waals surface area (Å²) in [6.45, 7) is 0. The standard InChI is InChI=1S/C11H10N2O2S/c12-6-5-10(14)11(15)8-3-1-2-4-9(8)13-7-16/h1-4,10-11,14-15H,5H2. The lowest BCUT2D eigenvalue weighted by Gasteiger charge is -2.16. The summed E-state index contributed by atoms with van der Waals surface area (Å²) < 4.78 is 0. The van der Waals surface area contributed by atoms with Gasteiger partial charge in [0.2, 0.25) is 0 Å². The molecular weight excluding hydrogens is 224 g/mol. The van der Waals surface area contributed by atoms with Crippen molar-refractivity contribution < 1.29 is 10.2 Å². The molecule has 0 saturated heterocycles. The smallest absolute Gasteiger partial charge is 0.108 e. The fourth-order valence-electron chi connectivity index (χ4n) is 1.30. The minimum atomic E-state index is -1.15. The number of nitriles is 1. The second-order valence-corrected chi connectivity index (χ2v) is 3.32. The monoisotopic (exact) mass is 234 g/mol. The summed E-state index contributed by atoms with van der Waals surface area (Å²) in [5.74, 6) is 0. The van der Waals surface area contributed by atoms with Crippen LogP contribution in [-0.4, -0.2) is 21.5 Å². The normalized spacial score (nSPS) is 13.3. The van der Waals surface area contributed by atoms with Gasteiger partial charge in [-0.3, -0.25) is 0 Å². The lowest BCUT2D eigenvalue weighted by Crippen LogP contribution is -2.17. The van der Waals surface area contributed by atoms with Gasteiger partial charge in [-0.2, -0.15) is 10.3 Å². The van der Waals surface area contributed by atoms with Crippen LogP contribution in [0, 0.1) is 11.3 Å². The molecule has 1 aromatic rings. The number of isothiocyanates is 1. The van der Waals surface area contributed by atoms with Crippen LogP contribution in [0.25, 0.3) is 0 Å². The van der Waals surface area contributed by atoms with Crippen molar-refractivity contribution in [3.05, 3.63) is 29.8 Å². The van der Waals surface area contributed by atoms with Crippen LogP contribution < -0.4 is 0 Å². The molecule has 0 bridgehead atoms. The van der Waals surface area contributed by atoms with E-state index in [2.05, 4.69) is 22.4 Å². The van der Waals surface area contributed by atoms with Crippen molar-refractivity contribution in [2.45, 2.75) is 18.6 Å². The Morgan fingerprint density at radius 1 is 1.38 bits per heavy atom. The van der Waals surface area contributed by atoms with Gasteiger partial charge in [0.1, 0.15) is 6.10 Å². The van der Waals surface area contributed by atoms with E-state index in [1.165, 1.54) is 0 Å². The number of hydrogen-bond donors (Lipinski definition) is 2. The van der Waals surface area contributed by atoms with Crippen LogP contribution in [0.3, 0.4) is 0 Å². The summed E-state index contributed by atoms with van der Waals surface area (Å²) in [7, 11) is 0. The van der Waals surface area contributed by atoms with Gasteiger partial charge < -0.3 is 10.2 Å². The Hall–Kier alpha value is -1.57. The van der Waals surface area contributed by atoms with E-state index in [0.29, 0.717) is 11.3 Å². The van der Waals surface area contributed by atoms with E-state index in [4.69, 9.17) is 5.26 Å². The molecule has 2 atom stereocenters. The summed E-state index contributed by atoms with van der Waals surface area (Å²) in [6, 6.07) is 8.51. The van der Waals surface area contributed by atoms with Crippen molar-refractivity contribution in [1.29, 1.82) is 5.26 Å². The third-order valence-electron chi connectivity index (χ3n) is 2.09. The Balaban J connectivity index is 3.03. The Labute approximate surface area is 98.5 Å². The summed E-state index contributed by atoms with van der Waals surface area (Å²) in [5, 5.41) is 29.9. The zero-order valence-electron chi connectivity index (χ0n) is 8.37. The molecule has 0 heterocycles. The van der Waals surface area contributed by atoms with Crippen LogP contribution in [0.15, 0.2) is 29.3 Å². The van der Waals surface area contributed by atoms with Crippen LogP contribution in [0.5, 0.6) is 0 Å². The molecule has 0 aromatic heterocycles. The van der Waals surface area contributed by atoms with Gasteiger partial charge in [-0.15, -0.1) is 0 Å². The van der Waals surface area contributed by atoms with Gasteiger partial charge in [0.25, 0.3) is 0 Å². The number of para-hydroxylation sites is 1. The van der Waals surface area contributed by atoms with E-state index in [-0.39, 0.29) is 6.42 Å². The lowest BCUT2D eigenvalue weighted by atomic mass is 10.0. The number of benzene rings is 1. The maximum Gasteiger partial charge on any atom is 0.108 e. The molecule has 0 radical (unpaired) electrons. The Bertz CT molecular complexity index is 450. The Kier molecular flexibility index (Phi) is 4.77. The molecule has 16 heavy (non-hydrogen) atoms. The van der Waals surface area contributed by atoms with Gasteiger partial charge in [0.05, 0.1) is 29.4 Å². The van der Waals surface area contributed by atoms with E-state index in [9.17, 15) is 10.2 Å². The molecule has 0 fully saturated rings. The largest absolute Gasteiger partial charge is 0.389 e. The fraction of sp³-hybridized carbons (Fsp3) is 0.273. The molecule has 1 rings (SSSR count). The number of aliphatic hydroxyl groups excluding tert-OH is 2. The molecule has 0 saturated carbocycles. The minimum Gasteiger partial charge on any atom is -0.389 e. The molecule has 0 spiro atoms. The topological polar surface area (TPSA) is 76.6 Å². The first-order chi connectivity index (χ1) is 7.70. The average Bonchev–Trinajstić information content (AvgIpc) is 2.29. The SMILES string of the molecule is N#CCC(O)C(O)c1ccccc1N=C=S. The highest BCUT2D eigenvalue weighted by atomic mass is 32.1. The predicted molar refractivity (Wildman–Crippen MR) is 62.3 cm³/mol. The molecule has 5 heteroatoms. The van der Waals surface area contributed by atoms with E-state index in [1.54, 1.807) is 30.3 Å². The van der Waals surface area contributed by atoms with Crippen LogP contribution in [-0.2, 0) is 0 Å². The first kappa shape index (κ1) is 12.5. The molecule has 2 N–H and O–H groups in total. The van der Waals surface area contributed by atoms with Crippen LogP contribution in [0.1, 0.15) is 18.1 Å². The molecule has 0 aliphatic heterocycles. The second-order valence-electron chi connectivity index (χ2n) is 3.14. The number of aliphatic imine (C=N–C) groups is 1. The minimum absolute atomic E-state index is 0.142. The summed E-state index contributed by atoms with van der Waals surface area (Å²) in [5.41, 5.74) is 0.879. The Morgan fingerprint density at radius 3 is 2.69 bits per heavy atom. The molecule has 2 unspecified atom stereocenters. The van der Waals surface area contributed by atoms with Crippen molar-refractivity contribution in [1.82, 2.24) is 0 Å². The van der Waals surface area contributed by atoms with Crippen molar-refractivity contribution in [3.8, 4) is 6.07 Å². The van der Waals surface area contributed by atoms with Gasteiger partial charge in [0, 0.05) is 5.56 Å². The zero-order chi connectivity index (χ0) is 12.0. The number of thiocarbonyl (C=S) groups is 1. The van der Waals surface area contributed by atoms with E-state index >= 15 is 0 Å². The van der Waals surface area contributed by atoms with Gasteiger partial charge in [0.15, 0.2) is 0 Å². The van der Waals surface area contributed by atoms with E-state index in [0.717, 1.165) is 0 Å². The third kappa shape index (κ3) is 2.96. The summed E-state index contributed by atoms with van der Waals surface area (Å²) >= 11 is 4.48. The maximum absolute atomic E-state index is 9.80. The lowest BCUT2D eigenvalue weighted by molar-refractivity contribution is 0.0220. The van der Waals surface area contributed by atoms with E-state index < -0.39 is 12.2 Å². The Morgan fingerprint density at radius 2 is 2.06 bits per heavy atom. The van der Waals surface area contributed by atoms with E-state index in [1.807, 2.05) is 0 Å². The van der Waals surface area contributed by atoms with Crippen molar-refractivity contribution in [3.63, 3.8) is 0 Å². The fourth-order valence-corrected chi connectivity index (χ4v) is 1.40. The quantitative estimate of drug-likeness (QED) is 0.614. The number of aliphatic hydroxyl groups is 2. The first-order valence-corrected chi connectivity index (χ1v) is 5.01. The molecule has 0 aliphatic carbocycles. The molecule has 0 amide bonds. The number of nitrogens with zero attached hydrogens (tertiary/aromatic N) is 2. The van der Waals surface area contributed by atoms with Crippen LogP contribution in [0.4, 0.5) is 5.69 Å². The van der Waals surface area contributed by atoms with Crippen LogP contribution in [0.2, 0.25) is 0 Å². The summed E-state index contributed by atoms with van der Waals surface area (Å²) in [4.78, 5) is 3.78. The third-order valence-corrected chi connectivity index (χ3v) is 2.18. The van der Waals surface area contributed by atoms with Gasteiger partial charge >= 0.3 is 0 Å². The molecule has 1 aromatic carbocycles.